The number of carbonyl (C=O) groups excluding carboxylic acids is 2. The highest BCUT2D eigenvalue weighted by Crippen LogP contribution is 2.33. The Bertz CT molecular complexity index is 1230. The summed E-state index contributed by atoms with van der Waals surface area (Å²) in [4.78, 5) is 28.4. The van der Waals surface area contributed by atoms with Crippen LogP contribution < -0.4 is 10.1 Å². The normalized spacial score (nSPS) is 17.5. The Labute approximate surface area is 187 Å². The SMILES string of the molecule is COc1ccc(C(=O)Nc2cccc3c2C(=O)N(CC2CC=CCC2)C3)c2ccccc12. The van der Waals surface area contributed by atoms with Crippen LogP contribution in [-0.4, -0.2) is 30.4 Å². The highest BCUT2D eigenvalue weighted by Gasteiger charge is 2.32. The zero-order valence-electron chi connectivity index (χ0n) is 18.1. The monoisotopic (exact) mass is 426 g/mol. The smallest absolute Gasteiger partial charge is 0.256 e. The molecule has 32 heavy (non-hydrogen) atoms. The van der Waals surface area contributed by atoms with Crippen LogP contribution >= 0.6 is 0 Å². The third kappa shape index (κ3) is 3.64. The number of nitrogens with zero attached hydrogens (tertiary/aromatic N) is 1. The lowest BCUT2D eigenvalue weighted by Crippen LogP contribution is -2.30. The Morgan fingerprint density at radius 1 is 1.06 bits per heavy atom. The van der Waals surface area contributed by atoms with Crippen molar-refractivity contribution < 1.29 is 14.3 Å². The molecule has 0 aromatic heterocycles. The molecule has 1 unspecified atom stereocenters. The van der Waals surface area contributed by atoms with Crippen LogP contribution in [0.3, 0.4) is 0 Å². The van der Waals surface area contributed by atoms with Gasteiger partial charge >= 0.3 is 0 Å². The van der Waals surface area contributed by atoms with Crippen molar-refractivity contribution in [3.8, 4) is 5.75 Å². The topological polar surface area (TPSA) is 58.6 Å². The van der Waals surface area contributed by atoms with Crippen LogP contribution in [0.25, 0.3) is 10.8 Å². The summed E-state index contributed by atoms with van der Waals surface area (Å²) in [5.74, 6) is 0.994. The van der Waals surface area contributed by atoms with E-state index in [9.17, 15) is 9.59 Å². The Balaban J connectivity index is 1.41. The molecule has 1 heterocycles. The summed E-state index contributed by atoms with van der Waals surface area (Å²) in [6, 6.07) is 16.9. The van der Waals surface area contributed by atoms with Gasteiger partial charge in [0.2, 0.25) is 0 Å². The number of fused-ring (bicyclic) bond motifs is 2. The van der Waals surface area contributed by atoms with E-state index in [1.165, 1.54) is 0 Å². The third-order valence-electron chi connectivity index (χ3n) is 6.47. The number of nitrogens with one attached hydrogen (secondary N) is 1. The van der Waals surface area contributed by atoms with E-state index in [0.717, 1.165) is 47.9 Å². The number of carbonyl (C=O) groups is 2. The minimum atomic E-state index is -0.235. The van der Waals surface area contributed by atoms with E-state index in [1.54, 1.807) is 19.2 Å². The number of methoxy groups -OCH3 is 1. The third-order valence-corrected chi connectivity index (χ3v) is 6.47. The van der Waals surface area contributed by atoms with Gasteiger partial charge in [-0.05, 0) is 54.3 Å². The molecule has 5 nitrogen and oxygen atoms in total. The molecular formula is C27H26N2O3. The van der Waals surface area contributed by atoms with Crippen molar-refractivity contribution >= 4 is 28.3 Å². The number of anilines is 1. The van der Waals surface area contributed by atoms with Crippen LogP contribution in [0.4, 0.5) is 5.69 Å². The number of allylic oxidation sites excluding steroid dienone is 2. The van der Waals surface area contributed by atoms with Gasteiger partial charge in [-0.3, -0.25) is 9.59 Å². The van der Waals surface area contributed by atoms with E-state index >= 15 is 0 Å². The minimum absolute atomic E-state index is 0.00467. The first-order chi connectivity index (χ1) is 15.7. The maximum atomic E-state index is 13.2. The van der Waals surface area contributed by atoms with Crippen molar-refractivity contribution in [1.82, 2.24) is 4.90 Å². The van der Waals surface area contributed by atoms with E-state index in [1.807, 2.05) is 47.4 Å². The highest BCUT2D eigenvalue weighted by atomic mass is 16.5. The van der Waals surface area contributed by atoms with Crippen LogP contribution in [0.1, 0.15) is 45.5 Å². The molecular weight excluding hydrogens is 400 g/mol. The fourth-order valence-electron chi connectivity index (χ4n) is 4.84. The van der Waals surface area contributed by atoms with Crippen LogP contribution in [0, 0.1) is 5.92 Å². The summed E-state index contributed by atoms with van der Waals surface area (Å²) in [5.41, 5.74) is 2.71. The Hall–Kier alpha value is -3.60. The van der Waals surface area contributed by atoms with Gasteiger partial charge < -0.3 is 15.0 Å². The van der Waals surface area contributed by atoms with Crippen molar-refractivity contribution in [2.24, 2.45) is 5.92 Å². The predicted octanol–water partition coefficient (Wildman–Crippen LogP) is 5.41. The van der Waals surface area contributed by atoms with Crippen LogP contribution in [0.5, 0.6) is 5.75 Å². The molecule has 3 aromatic rings. The first-order valence-corrected chi connectivity index (χ1v) is 11.1. The van der Waals surface area contributed by atoms with Gasteiger partial charge in [0.15, 0.2) is 0 Å². The lowest BCUT2D eigenvalue weighted by atomic mass is 9.94. The fraction of sp³-hybridized carbons (Fsp3) is 0.259. The summed E-state index contributed by atoms with van der Waals surface area (Å²) >= 11 is 0. The average molecular weight is 427 g/mol. The lowest BCUT2D eigenvalue weighted by Gasteiger charge is -2.24. The first-order valence-electron chi connectivity index (χ1n) is 11.1. The van der Waals surface area contributed by atoms with Crippen LogP contribution in [0.2, 0.25) is 0 Å². The number of hydrogen-bond donors (Lipinski definition) is 1. The van der Waals surface area contributed by atoms with Crippen LogP contribution in [0.15, 0.2) is 66.7 Å². The quantitative estimate of drug-likeness (QED) is 0.555. The number of benzene rings is 3. The summed E-state index contributed by atoms with van der Waals surface area (Å²) in [7, 11) is 1.62. The first kappa shape index (κ1) is 20.3. The second kappa shape index (κ2) is 8.50. The van der Waals surface area contributed by atoms with Gasteiger partial charge in [0.25, 0.3) is 11.8 Å². The minimum Gasteiger partial charge on any atom is -0.496 e. The summed E-state index contributed by atoms with van der Waals surface area (Å²) in [6.45, 7) is 1.36. The molecule has 1 aliphatic heterocycles. The van der Waals surface area contributed by atoms with E-state index in [0.29, 0.717) is 29.3 Å². The van der Waals surface area contributed by atoms with E-state index < -0.39 is 0 Å². The van der Waals surface area contributed by atoms with Crippen molar-refractivity contribution in [2.45, 2.75) is 25.8 Å². The van der Waals surface area contributed by atoms with Gasteiger partial charge in [0.05, 0.1) is 18.4 Å². The molecule has 1 atom stereocenters. The van der Waals surface area contributed by atoms with Gasteiger partial charge in [-0.15, -0.1) is 0 Å². The average Bonchev–Trinajstić information content (AvgIpc) is 3.15. The molecule has 5 heteroatoms. The van der Waals surface area contributed by atoms with Gasteiger partial charge in [-0.1, -0.05) is 48.6 Å². The number of rotatable bonds is 5. The zero-order chi connectivity index (χ0) is 22.1. The summed E-state index contributed by atoms with van der Waals surface area (Å²) in [5, 5.41) is 4.70. The van der Waals surface area contributed by atoms with Crippen molar-refractivity contribution in [3.05, 3.63) is 83.4 Å². The second-order valence-corrected chi connectivity index (χ2v) is 8.49. The van der Waals surface area contributed by atoms with Gasteiger partial charge in [0.1, 0.15) is 5.75 Å². The highest BCUT2D eigenvalue weighted by molar-refractivity contribution is 6.16. The van der Waals surface area contributed by atoms with E-state index in [-0.39, 0.29) is 11.8 Å². The second-order valence-electron chi connectivity index (χ2n) is 8.49. The van der Waals surface area contributed by atoms with E-state index in [2.05, 4.69) is 17.5 Å². The molecule has 1 N–H and O–H groups in total. The molecule has 162 valence electrons. The summed E-state index contributed by atoms with van der Waals surface area (Å²) < 4.78 is 5.44. The molecule has 2 aliphatic rings. The largest absolute Gasteiger partial charge is 0.496 e. The predicted molar refractivity (Wildman–Crippen MR) is 126 cm³/mol. The number of ether oxygens (including phenoxy) is 1. The lowest BCUT2D eigenvalue weighted by molar-refractivity contribution is 0.0749. The Morgan fingerprint density at radius 2 is 1.91 bits per heavy atom. The zero-order valence-corrected chi connectivity index (χ0v) is 18.1. The van der Waals surface area contributed by atoms with Gasteiger partial charge in [-0.2, -0.15) is 0 Å². The number of hydrogen-bond acceptors (Lipinski definition) is 3. The molecule has 0 bridgehead atoms. The molecule has 1 aliphatic carbocycles. The molecule has 0 fully saturated rings. The Morgan fingerprint density at radius 3 is 2.69 bits per heavy atom. The van der Waals surface area contributed by atoms with Crippen molar-refractivity contribution in [2.75, 3.05) is 19.0 Å². The van der Waals surface area contributed by atoms with E-state index in [4.69, 9.17) is 4.74 Å². The molecule has 5 rings (SSSR count). The van der Waals surface area contributed by atoms with Gasteiger partial charge in [-0.25, -0.2) is 0 Å². The summed E-state index contributed by atoms with van der Waals surface area (Å²) in [6.07, 6.45) is 7.65. The molecule has 0 saturated carbocycles. The van der Waals surface area contributed by atoms with Crippen molar-refractivity contribution in [1.29, 1.82) is 0 Å². The molecule has 0 spiro atoms. The Kier molecular flexibility index (Phi) is 5.39. The van der Waals surface area contributed by atoms with Crippen molar-refractivity contribution in [3.63, 3.8) is 0 Å². The van der Waals surface area contributed by atoms with Crippen LogP contribution in [-0.2, 0) is 6.54 Å². The molecule has 0 radical (unpaired) electrons. The van der Waals surface area contributed by atoms with Gasteiger partial charge in [0, 0.05) is 24.0 Å². The fourth-order valence-corrected chi connectivity index (χ4v) is 4.84. The molecule has 3 aromatic carbocycles. The molecule has 0 saturated heterocycles. The maximum absolute atomic E-state index is 13.2. The maximum Gasteiger partial charge on any atom is 0.256 e. The molecule has 2 amide bonds. The standard InChI is InChI=1S/C27H26N2O3/c1-32-24-15-14-22(20-11-5-6-12-21(20)24)26(30)28-23-13-7-10-19-17-29(27(31)25(19)23)16-18-8-3-2-4-9-18/h2-3,5-7,10-15,18H,4,8-9,16-17H2,1H3,(H,28,30). The number of amides is 2.